The van der Waals surface area contributed by atoms with Crippen LogP contribution in [0.3, 0.4) is 0 Å². The Morgan fingerprint density at radius 2 is 1.06 bits per heavy atom. The Bertz CT molecular complexity index is 1160. The molecule has 50 heavy (non-hydrogen) atoms. The number of rotatable bonds is 16. The molecule has 2 aromatic carbocycles. The minimum atomic E-state index is -0.459. The van der Waals surface area contributed by atoms with Gasteiger partial charge in [-0.2, -0.15) is 0 Å². The molecule has 2 aliphatic rings. The molecular weight excluding hydrogens is 671 g/mol. The summed E-state index contributed by atoms with van der Waals surface area (Å²) in [5.74, 6) is 3.56. The largest absolute Gasteiger partial charge is 0.492 e. The monoisotopic (exact) mass is 735 g/mol. The normalized spacial score (nSPS) is 15.5. The van der Waals surface area contributed by atoms with Crippen molar-refractivity contribution in [2.45, 2.75) is 92.0 Å². The first-order valence-corrected chi connectivity index (χ1v) is 18.5. The number of piperidine rings is 2. The van der Waals surface area contributed by atoms with Crippen LogP contribution in [-0.2, 0) is 23.3 Å². The number of benzene rings is 2. The zero-order valence-electron chi connectivity index (χ0n) is 31.8. The van der Waals surface area contributed by atoms with E-state index in [1.807, 2.05) is 69.3 Å². The van der Waals surface area contributed by atoms with E-state index < -0.39 is 5.60 Å². The van der Waals surface area contributed by atoms with Crippen LogP contribution in [0.1, 0.15) is 74.1 Å². The summed E-state index contributed by atoms with van der Waals surface area (Å²) >= 11 is 0. The first kappa shape index (κ1) is 43.5. The van der Waals surface area contributed by atoms with Crippen molar-refractivity contribution in [1.29, 1.82) is 0 Å². The molecule has 2 fully saturated rings. The smallest absolute Gasteiger partial charge is 0.410 e. The maximum atomic E-state index is 12.1. The van der Waals surface area contributed by atoms with E-state index in [0.29, 0.717) is 25.8 Å². The second kappa shape index (κ2) is 23.8. The van der Waals surface area contributed by atoms with Gasteiger partial charge in [-0.3, -0.25) is 0 Å². The summed E-state index contributed by atoms with van der Waals surface area (Å²) in [7, 11) is 0. The van der Waals surface area contributed by atoms with Crippen molar-refractivity contribution in [3.63, 3.8) is 0 Å². The molecule has 2 saturated heterocycles. The minimum absolute atomic E-state index is 0. The Balaban J connectivity index is 0.000000353. The average Bonchev–Trinajstić information content (AvgIpc) is 3.10. The van der Waals surface area contributed by atoms with Crippen molar-refractivity contribution in [2.24, 2.45) is 0 Å². The maximum Gasteiger partial charge on any atom is 0.410 e. The molecule has 0 spiro atoms. The number of likely N-dealkylation sites (tertiary alicyclic amines) is 1. The van der Waals surface area contributed by atoms with Crippen LogP contribution in [0.25, 0.3) is 0 Å². The quantitative estimate of drug-likeness (QED) is 0.202. The molecule has 2 aromatic rings. The van der Waals surface area contributed by atoms with Crippen molar-refractivity contribution in [3.8, 4) is 23.0 Å². The van der Waals surface area contributed by atoms with Gasteiger partial charge in [0.1, 0.15) is 54.0 Å². The van der Waals surface area contributed by atoms with Gasteiger partial charge in [0.25, 0.3) is 0 Å². The number of nitrogens with one attached hydrogen (secondary N) is 1. The minimum Gasteiger partial charge on any atom is -0.492 e. The molecule has 281 valence electrons. The number of likely N-dealkylation sites (N-methyl/N-ethyl adjacent to an activating group) is 2. The molecule has 0 bridgehead atoms. The maximum absolute atomic E-state index is 12.1. The summed E-state index contributed by atoms with van der Waals surface area (Å²) in [6.07, 6.45) is 4.01. The summed E-state index contributed by atoms with van der Waals surface area (Å²) in [4.78, 5) is 18.6. The zero-order valence-corrected chi connectivity index (χ0v) is 33.2. The van der Waals surface area contributed by atoms with Crippen LogP contribution < -0.4 is 24.3 Å². The summed E-state index contributed by atoms with van der Waals surface area (Å²) in [5, 5.41) is 3.35. The van der Waals surface area contributed by atoms with Crippen LogP contribution in [0.15, 0.2) is 48.5 Å². The SMILES string of the molecule is CCN(CC)CCOc1ccc(OC2CCN(C(=O)OC(C)(C)C)CC2)cc1.CCN(CC)CCOc1ccc(OC2CCNCC2)cc1.[V]. The molecule has 1 radical (unpaired) electrons. The molecule has 0 atom stereocenters. The van der Waals surface area contributed by atoms with Gasteiger partial charge < -0.3 is 43.7 Å². The molecule has 10 nitrogen and oxygen atoms in total. The fourth-order valence-corrected chi connectivity index (χ4v) is 5.67. The van der Waals surface area contributed by atoms with Gasteiger partial charge in [-0.25, -0.2) is 4.79 Å². The van der Waals surface area contributed by atoms with Crippen LogP contribution in [0, 0.1) is 0 Å². The van der Waals surface area contributed by atoms with E-state index in [-0.39, 0.29) is 30.8 Å². The third kappa shape index (κ3) is 17.1. The molecule has 0 unspecified atom stereocenters. The van der Waals surface area contributed by atoms with E-state index in [9.17, 15) is 4.79 Å². The third-order valence-electron chi connectivity index (χ3n) is 8.77. The van der Waals surface area contributed by atoms with Gasteiger partial charge in [-0.1, -0.05) is 27.7 Å². The van der Waals surface area contributed by atoms with Crippen molar-refractivity contribution in [3.05, 3.63) is 48.5 Å². The summed E-state index contributed by atoms with van der Waals surface area (Å²) in [6.45, 7) is 25.3. The summed E-state index contributed by atoms with van der Waals surface area (Å²) in [6, 6.07) is 15.8. The fraction of sp³-hybridized carbons (Fsp3) is 0.667. The molecule has 2 heterocycles. The number of hydrogen-bond donors (Lipinski definition) is 1. The number of ether oxygens (including phenoxy) is 5. The predicted molar refractivity (Wildman–Crippen MR) is 197 cm³/mol. The van der Waals surface area contributed by atoms with Crippen LogP contribution in [0.2, 0.25) is 0 Å². The Morgan fingerprint density at radius 1 is 0.680 bits per heavy atom. The molecule has 1 amide bonds. The molecule has 2 aliphatic heterocycles. The average molecular weight is 736 g/mol. The Hall–Kier alpha value is -2.63. The summed E-state index contributed by atoms with van der Waals surface area (Å²) < 4.78 is 29.1. The van der Waals surface area contributed by atoms with E-state index in [0.717, 1.165) is 108 Å². The van der Waals surface area contributed by atoms with Crippen LogP contribution >= 0.6 is 0 Å². The second-order valence-corrected chi connectivity index (χ2v) is 13.5. The number of amides is 1. The van der Waals surface area contributed by atoms with Crippen molar-refractivity contribution < 1.29 is 47.0 Å². The van der Waals surface area contributed by atoms with Crippen molar-refractivity contribution >= 4 is 6.09 Å². The Kier molecular flexibility index (Phi) is 20.7. The van der Waals surface area contributed by atoms with Gasteiger partial charge >= 0.3 is 6.09 Å². The number of nitrogens with zero attached hydrogens (tertiary/aromatic N) is 3. The second-order valence-electron chi connectivity index (χ2n) is 13.5. The zero-order chi connectivity index (χ0) is 35.5. The standard InChI is InChI=1S/C22H36N2O4.C17H28N2O2.V/c1-6-23(7-2)16-17-26-18-8-10-19(11-9-18)27-20-12-14-24(15-13-20)21(25)28-22(3,4)5;1-3-19(4-2)13-14-20-15-5-7-16(8-6-15)21-17-9-11-18-12-10-17;/h8-11,20H,6-7,12-17H2,1-5H3;5-8,17-18H,3-4,9-14H2,1-2H3;. The molecule has 0 aromatic heterocycles. The number of carbonyl (C=O) groups excluding carboxylic acids is 1. The molecule has 1 N–H and O–H groups in total. The summed E-state index contributed by atoms with van der Waals surface area (Å²) in [5.41, 5.74) is -0.459. The van der Waals surface area contributed by atoms with Gasteiger partial charge in [0.15, 0.2) is 0 Å². The van der Waals surface area contributed by atoms with Gasteiger partial charge in [0.2, 0.25) is 0 Å². The molecule has 4 rings (SSSR count). The third-order valence-corrected chi connectivity index (χ3v) is 8.77. The number of hydrogen-bond acceptors (Lipinski definition) is 9. The molecule has 0 saturated carbocycles. The van der Waals surface area contributed by atoms with Crippen molar-refractivity contribution in [1.82, 2.24) is 20.0 Å². The topological polar surface area (TPSA) is 85.0 Å². The predicted octanol–water partition coefficient (Wildman–Crippen LogP) is 6.72. The number of carbonyl (C=O) groups is 1. The van der Waals surface area contributed by atoms with Crippen LogP contribution in [-0.4, -0.2) is 117 Å². The fourth-order valence-electron chi connectivity index (χ4n) is 5.67. The Morgan fingerprint density at radius 3 is 1.44 bits per heavy atom. The van der Waals surface area contributed by atoms with E-state index in [2.05, 4.69) is 42.8 Å². The van der Waals surface area contributed by atoms with E-state index >= 15 is 0 Å². The molecule has 0 aliphatic carbocycles. The van der Waals surface area contributed by atoms with Crippen LogP contribution in [0.4, 0.5) is 4.79 Å². The van der Waals surface area contributed by atoms with Gasteiger partial charge in [0, 0.05) is 57.6 Å². The molecular formula is C39H64N4O6V. The van der Waals surface area contributed by atoms with E-state index in [4.69, 9.17) is 23.7 Å². The van der Waals surface area contributed by atoms with Gasteiger partial charge in [0.05, 0.1) is 0 Å². The first-order chi connectivity index (χ1) is 23.6. The van der Waals surface area contributed by atoms with E-state index in [1.54, 1.807) is 4.90 Å². The van der Waals surface area contributed by atoms with Crippen LogP contribution in [0.5, 0.6) is 23.0 Å². The van der Waals surface area contributed by atoms with E-state index in [1.165, 1.54) is 0 Å². The molecule has 11 heteroatoms. The van der Waals surface area contributed by atoms with Gasteiger partial charge in [-0.15, -0.1) is 0 Å². The first-order valence-electron chi connectivity index (χ1n) is 18.5. The van der Waals surface area contributed by atoms with Gasteiger partial charge in [-0.05, 0) is 121 Å². The van der Waals surface area contributed by atoms with Crippen molar-refractivity contribution in [2.75, 3.05) is 78.7 Å². The Labute approximate surface area is 314 Å².